The van der Waals surface area contributed by atoms with E-state index in [0.717, 1.165) is 33.4 Å². The Labute approximate surface area is 340 Å². The molecule has 4 aromatic carbocycles. The van der Waals surface area contributed by atoms with Crippen molar-refractivity contribution in [2.45, 2.75) is 118 Å². The first kappa shape index (κ1) is 48.3. The van der Waals surface area contributed by atoms with Crippen LogP contribution in [-0.4, -0.2) is 22.6 Å². The van der Waals surface area contributed by atoms with Gasteiger partial charge in [0.2, 0.25) is 0 Å². The van der Waals surface area contributed by atoms with E-state index in [-0.39, 0.29) is 72.7 Å². The van der Waals surface area contributed by atoms with E-state index in [2.05, 4.69) is 117 Å². The normalized spacial score (nSPS) is 12.0. The van der Waals surface area contributed by atoms with Crippen molar-refractivity contribution in [1.82, 2.24) is 0 Å². The zero-order valence-electron chi connectivity index (χ0n) is 32.7. The van der Waals surface area contributed by atoms with E-state index in [1.807, 2.05) is 73.1 Å². The number of halogens is 2. The Morgan fingerprint density at radius 2 is 0.765 bits per heavy atom. The SMILES string of the molecule is CC(C)(C)c1cc(CN=Cc2ccccc2)c(O)c(C(C)(C)C)c1.CC(C)(C)c1cc(CN=Cc2ccccc2)c(O)c(C(C)(C)C)c1.[Cl-].[Cl-].[Zr+4]. The van der Waals surface area contributed by atoms with Gasteiger partial charge in [-0.25, -0.2) is 0 Å². The van der Waals surface area contributed by atoms with Gasteiger partial charge in [-0.15, -0.1) is 0 Å². The first-order chi connectivity index (χ1) is 22.2. The van der Waals surface area contributed by atoms with Crippen molar-refractivity contribution in [3.8, 4) is 11.5 Å². The number of phenols is 2. The Bertz CT molecular complexity index is 1580. The number of aliphatic imine (C=N–C) groups is 2. The van der Waals surface area contributed by atoms with E-state index < -0.39 is 0 Å². The van der Waals surface area contributed by atoms with Gasteiger partial charge in [-0.1, -0.05) is 156 Å². The maximum atomic E-state index is 10.7. The molecular weight excluding hydrogens is 751 g/mol. The topological polar surface area (TPSA) is 65.2 Å². The standard InChI is InChI=1S/2C22H29NO.2ClH.Zr/c2*1-21(2,3)18-12-17(20(24)19(13-18)22(4,5)6)15-23-14-16-10-8-7-9-11-16;;;/h2*7-14,24H,15H2,1-6H3;2*1H;/q;;;;+4/p-2. The number of phenolic OH excluding ortho intramolecular Hbond substituents is 2. The third kappa shape index (κ3) is 14.7. The number of hydrogen-bond acceptors (Lipinski definition) is 4. The van der Waals surface area contributed by atoms with Crippen LogP contribution in [-0.2, 0) is 61.0 Å². The van der Waals surface area contributed by atoms with Crippen LogP contribution in [0.2, 0.25) is 0 Å². The molecule has 4 nitrogen and oxygen atoms in total. The van der Waals surface area contributed by atoms with Gasteiger partial charge in [0, 0.05) is 23.6 Å². The molecule has 0 aromatic heterocycles. The molecule has 272 valence electrons. The first-order valence-corrected chi connectivity index (χ1v) is 17.0. The zero-order chi connectivity index (χ0) is 35.9. The summed E-state index contributed by atoms with van der Waals surface area (Å²) in [6, 6.07) is 28.5. The second kappa shape index (κ2) is 19.9. The van der Waals surface area contributed by atoms with Crippen molar-refractivity contribution in [1.29, 1.82) is 0 Å². The molecule has 0 atom stereocenters. The van der Waals surface area contributed by atoms with Crippen molar-refractivity contribution in [2.24, 2.45) is 9.98 Å². The zero-order valence-corrected chi connectivity index (χ0v) is 36.7. The average molecular weight is 809 g/mol. The maximum Gasteiger partial charge on any atom is 4.00 e. The maximum absolute atomic E-state index is 10.7. The van der Waals surface area contributed by atoms with Gasteiger partial charge in [0.1, 0.15) is 11.5 Å². The second-order valence-corrected chi connectivity index (χ2v) is 16.8. The van der Waals surface area contributed by atoms with Gasteiger partial charge in [-0.05, 0) is 67.2 Å². The monoisotopic (exact) mass is 806 g/mol. The van der Waals surface area contributed by atoms with Crippen molar-refractivity contribution < 1.29 is 61.2 Å². The van der Waals surface area contributed by atoms with Gasteiger partial charge in [0.15, 0.2) is 0 Å². The largest absolute Gasteiger partial charge is 4.00 e. The molecule has 0 aliphatic rings. The number of hydrogen-bond donors (Lipinski definition) is 2. The first-order valence-electron chi connectivity index (χ1n) is 17.0. The molecule has 0 fully saturated rings. The van der Waals surface area contributed by atoms with Crippen molar-refractivity contribution in [3.63, 3.8) is 0 Å². The molecule has 7 heteroatoms. The minimum Gasteiger partial charge on any atom is -1.00 e. The fraction of sp³-hybridized carbons (Fsp3) is 0.409. The predicted octanol–water partition coefficient (Wildman–Crippen LogP) is 5.22. The molecule has 4 rings (SSSR count). The van der Waals surface area contributed by atoms with Crippen LogP contribution in [0.15, 0.2) is 94.9 Å². The Kier molecular flexibility index (Phi) is 18.9. The van der Waals surface area contributed by atoms with E-state index in [1.165, 1.54) is 11.1 Å². The van der Waals surface area contributed by atoms with Crippen molar-refractivity contribution in [3.05, 3.63) is 129 Å². The summed E-state index contributed by atoms with van der Waals surface area (Å²) in [7, 11) is 0. The molecule has 0 aliphatic heterocycles. The third-order valence-corrected chi connectivity index (χ3v) is 8.33. The summed E-state index contributed by atoms with van der Waals surface area (Å²) >= 11 is 0. The number of benzene rings is 4. The van der Waals surface area contributed by atoms with E-state index in [4.69, 9.17) is 0 Å². The Morgan fingerprint density at radius 1 is 0.471 bits per heavy atom. The number of nitrogens with zero attached hydrogens (tertiary/aromatic N) is 2. The molecule has 2 N–H and O–H groups in total. The molecule has 0 amide bonds. The van der Waals surface area contributed by atoms with Crippen LogP contribution in [0.5, 0.6) is 11.5 Å². The quantitative estimate of drug-likeness (QED) is 0.263. The second-order valence-electron chi connectivity index (χ2n) is 16.8. The van der Waals surface area contributed by atoms with E-state index in [0.29, 0.717) is 24.6 Å². The summed E-state index contributed by atoms with van der Waals surface area (Å²) in [5, 5.41) is 21.5. The van der Waals surface area contributed by atoms with Crippen LogP contribution in [0.1, 0.15) is 128 Å². The molecule has 0 radical (unpaired) electrons. The summed E-state index contributed by atoms with van der Waals surface area (Å²) in [5.41, 5.74) is 8.20. The van der Waals surface area contributed by atoms with Gasteiger partial charge >= 0.3 is 26.2 Å². The molecule has 0 saturated heterocycles. The molecule has 0 bridgehead atoms. The Balaban J connectivity index is 0.000000926. The van der Waals surface area contributed by atoms with Crippen LogP contribution < -0.4 is 24.8 Å². The van der Waals surface area contributed by atoms with Crippen molar-refractivity contribution in [2.75, 3.05) is 0 Å². The fourth-order valence-corrected chi connectivity index (χ4v) is 5.22. The third-order valence-electron chi connectivity index (χ3n) is 8.33. The minimum absolute atomic E-state index is 0. The van der Waals surface area contributed by atoms with Crippen LogP contribution in [0, 0.1) is 0 Å². The average Bonchev–Trinajstić information content (AvgIpc) is 2.98. The summed E-state index contributed by atoms with van der Waals surface area (Å²) in [5.74, 6) is 0.751. The molecule has 0 saturated carbocycles. The molecule has 0 spiro atoms. The Morgan fingerprint density at radius 3 is 1.02 bits per heavy atom. The summed E-state index contributed by atoms with van der Waals surface area (Å²) < 4.78 is 0. The summed E-state index contributed by atoms with van der Waals surface area (Å²) in [4.78, 5) is 9.07. The smallest absolute Gasteiger partial charge is 1.00 e. The van der Waals surface area contributed by atoms with E-state index >= 15 is 0 Å². The van der Waals surface area contributed by atoms with Gasteiger partial charge in [0.05, 0.1) is 13.1 Å². The summed E-state index contributed by atoms with van der Waals surface area (Å²) in [6.07, 6.45) is 3.72. The Hall–Kier alpha value is -2.72. The number of rotatable bonds is 6. The van der Waals surface area contributed by atoms with Crippen LogP contribution in [0.3, 0.4) is 0 Å². The van der Waals surface area contributed by atoms with Crippen LogP contribution in [0.25, 0.3) is 0 Å². The minimum atomic E-state index is -0.108. The molecule has 51 heavy (non-hydrogen) atoms. The van der Waals surface area contributed by atoms with Gasteiger partial charge < -0.3 is 35.0 Å². The summed E-state index contributed by atoms with van der Waals surface area (Å²) in [6.45, 7) is 26.9. The van der Waals surface area contributed by atoms with Crippen LogP contribution in [0.4, 0.5) is 0 Å². The van der Waals surface area contributed by atoms with Gasteiger partial charge in [-0.2, -0.15) is 0 Å². The molecular formula is C44H58Cl2N2O2Zr+2. The van der Waals surface area contributed by atoms with Gasteiger partial charge in [-0.3, -0.25) is 9.98 Å². The van der Waals surface area contributed by atoms with E-state index in [1.54, 1.807) is 0 Å². The predicted molar refractivity (Wildman–Crippen MR) is 206 cm³/mol. The molecule has 0 heterocycles. The molecule has 0 unspecified atom stereocenters. The number of aromatic hydroxyl groups is 2. The van der Waals surface area contributed by atoms with Crippen LogP contribution >= 0.6 is 0 Å². The van der Waals surface area contributed by atoms with Crippen molar-refractivity contribution >= 4 is 12.4 Å². The fourth-order valence-electron chi connectivity index (χ4n) is 5.22. The molecule has 0 aliphatic carbocycles. The molecule has 4 aromatic rings. The van der Waals surface area contributed by atoms with Gasteiger partial charge in [0.25, 0.3) is 0 Å². The van der Waals surface area contributed by atoms with E-state index in [9.17, 15) is 10.2 Å².